The number of likely N-dealkylation sites (N-methyl/N-ethyl adjacent to an activating group) is 1. The average molecular weight is 423 g/mol. The van der Waals surface area contributed by atoms with Crippen LogP contribution in [0.5, 0.6) is 5.75 Å². The van der Waals surface area contributed by atoms with Gasteiger partial charge in [-0.15, -0.1) is 11.8 Å². The smallest absolute Gasteiger partial charge is 0.243 e. The average Bonchev–Trinajstić information content (AvgIpc) is 2.71. The van der Waals surface area contributed by atoms with E-state index in [4.69, 9.17) is 4.74 Å². The highest BCUT2D eigenvalue weighted by molar-refractivity contribution is 7.98. The third-order valence-electron chi connectivity index (χ3n) is 4.27. The van der Waals surface area contributed by atoms with Crippen molar-refractivity contribution in [1.29, 1.82) is 0 Å². The zero-order chi connectivity index (χ0) is 20.6. The number of nitrogens with one attached hydrogen (secondary N) is 1. The number of thioether (sulfide) groups is 1. The molecule has 1 N–H and O–H groups in total. The fraction of sp³-hybridized carbons (Fsp3) is 0.350. The van der Waals surface area contributed by atoms with E-state index in [1.54, 1.807) is 31.4 Å². The second-order valence-corrected chi connectivity index (χ2v) is 9.13. The summed E-state index contributed by atoms with van der Waals surface area (Å²) in [5.41, 5.74) is 1.08. The van der Waals surface area contributed by atoms with Gasteiger partial charge in [0.25, 0.3) is 0 Å². The minimum absolute atomic E-state index is 0.178. The molecule has 1 amide bonds. The predicted molar refractivity (Wildman–Crippen MR) is 112 cm³/mol. The predicted octanol–water partition coefficient (Wildman–Crippen LogP) is 2.79. The van der Waals surface area contributed by atoms with Crippen molar-refractivity contribution in [2.45, 2.75) is 22.6 Å². The summed E-state index contributed by atoms with van der Waals surface area (Å²) < 4.78 is 31.5. The van der Waals surface area contributed by atoms with Crippen LogP contribution in [0.3, 0.4) is 0 Å². The molecule has 0 aliphatic heterocycles. The van der Waals surface area contributed by atoms with Crippen molar-refractivity contribution in [3.8, 4) is 5.75 Å². The molecule has 0 unspecified atom stereocenters. The molecule has 0 aromatic heterocycles. The first kappa shape index (κ1) is 22.3. The number of sulfonamides is 1. The molecule has 152 valence electrons. The Hall–Kier alpha value is -2.03. The summed E-state index contributed by atoms with van der Waals surface area (Å²) in [6, 6.07) is 14.4. The molecule has 0 saturated heterocycles. The number of aryl methyl sites for hydroxylation is 1. The van der Waals surface area contributed by atoms with Crippen LogP contribution in [-0.2, 0) is 21.2 Å². The zero-order valence-electron chi connectivity index (χ0n) is 16.3. The number of hydrogen-bond acceptors (Lipinski definition) is 5. The van der Waals surface area contributed by atoms with Crippen molar-refractivity contribution in [2.75, 3.05) is 33.5 Å². The molecule has 0 radical (unpaired) electrons. The van der Waals surface area contributed by atoms with E-state index in [1.165, 1.54) is 18.8 Å². The van der Waals surface area contributed by atoms with Crippen molar-refractivity contribution >= 4 is 27.7 Å². The van der Waals surface area contributed by atoms with Crippen LogP contribution >= 0.6 is 11.8 Å². The molecule has 0 atom stereocenters. The lowest BCUT2D eigenvalue weighted by Gasteiger charge is -2.17. The molecule has 0 fully saturated rings. The molecule has 6 nitrogen and oxygen atoms in total. The van der Waals surface area contributed by atoms with Crippen molar-refractivity contribution in [3.05, 3.63) is 54.1 Å². The SMILES string of the molecule is COc1ccccc1CCCNC(=O)CN(C)S(=O)(=O)c1ccc(SC)cc1. The van der Waals surface area contributed by atoms with Crippen LogP contribution in [0.1, 0.15) is 12.0 Å². The maximum absolute atomic E-state index is 12.6. The Kier molecular flexibility index (Phi) is 8.35. The van der Waals surface area contributed by atoms with E-state index in [0.717, 1.165) is 33.4 Å². The van der Waals surface area contributed by atoms with Crippen molar-refractivity contribution in [3.63, 3.8) is 0 Å². The topological polar surface area (TPSA) is 75.7 Å². The fourth-order valence-corrected chi connectivity index (χ4v) is 4.22. The molecule has 2 aromatic carbocycles. The number of methoxy groups -OCH3 is 1. The number of ether oxygens (including phenoxy) is 1. The normalized spacial score (nSPS) is 11.4. The third kappa shape index (κ3) is 5.98. The third-order valence-corrected chi connectivity index (χ3v) is 6.83. The Labute approximate surface area is 171 Å². The largest absolute Gasteiger partial charge is 0.496 e. The lowest BCUT2D eigenvalue weighted by molar-refractivity contribution is -0.121. The van der Waals surface area contributed by atoms with E-state index < -0.39 is 10.0 Å². The Morgan fingerprint density at radius 2 is 1.82 bits per heavy atom. The summed E-state index contributed by atoms with van der Waals surface area (Å²) in [4.78, 5) is 13.3. The number of benzene rings is 2. The van der Waals surface area contributed by atoms with Gasteiger partial charge in [-0.2, -0.15) is 4.31 Å². The summed E-state index contributed by atoms with van der Waals surface area (Å²) in [6.45, 7) is 0.245. The molecule has 0 aliphatic rings. The highest BCUT2D eigenvalue weighted by Gasteiger charge is 2.22. The number of carbonyl (C=O) groups excluding carboxylic acids is 1. The molecule has 0 spiro atoms. The zero-order valence-corrected chi connectivity index (χ0v) is 18.0. The summed E-state index contributed by atoms with van der Waals surface area (Å²) in [5, 5.41) is 2.77. The number of hydrogen-bond donors (Lipinski definition) is 1. The minimum Gasteiger partial charge on any atom is -0.496 e. The first-order chi connectivity index (χ1) is 13.4. The molecular formula is C20H26N2O4S2. The van der Waals surface area contributed by atoms with Gasteiger partial charge in [-0.05, 0) is 55.0 Å². The van der Waals surface area contributed by atoms with Crippen molar-refractivity contribution < 1.29 is 17.9 Å². The highest BCUT2D eigenvalue weighted by Crippen LogP contribution is 2.20. The molecule has 8 heteroatoms. The van der Waals surface area contributed by atoms with E-state index in [1.807, 2.05) is 30.5 Å². The number of para-hydroxylation sites is 1. The molecule has 2 rings (SSSR count). The van der Waals surface area contributed by atoms with Gasteiger partial charge in [-0.1, -0.05) is 18.2 Å². The molecule has 0 aliphatic carbocycles. The second kappa shape index (κ2) is 10.5. The van der Waals surface area contributed by atoms with Crippen LogP contribution in [0, 0.1) is 0 Å². The summed E-state index contributed by atoms with van der Waals surface area (Å²) in [5.74, 6) is 0.499. The van der Waals surface area contributed by atoms with Crippen LogP contribution in [0.15, 0.2) is 58.3 Å². The quantitative estimate of drug-likeness (QED) is 0.471. The standard InChI is InChI=1S/C20H26N2O4S2/c1-22(28(24,25)18-12-10-17(27-3)11-13-18)15-20(23)21-14-6-8-16-7-4-5-9-19(16)26-2/h4-5,7,9-13H,6,8,14-15H2,1-3H3,(H,21,23). The van der Waals surface area contributed by atoms with Gasteiger partial charge in [0.2, 0.25) is 15.9 Å². The van der Waals surface area contributed by atoms with E-state index in [9.17, 15) is 13.2 Å². The lowest BCUT2D eigenvalue weighted by atomic mass is 10.1. The lowest BCUT2D eigenvalue weighted by Crippen LogP contribution is -2.38. The van der Waals surface area contributed by atoms with Gasteiger partial charge < -0.3 is 10.1 Å². The first-order valence-corrected chi connectivity index (χ1v) is 11.5. The number of carbonyl (C=O) groups is 1. The van der Waals surface area contributed by atoms with Gasteiger partial charge in [0, 0.05) is 18.5 Å². The number of nitrogens with zero attached hydrogens (tertiary/aromatic N) is 1. The van der Waals surface area contributed by atoms with Crippen LogP contribution < -0.4 is 10.1 Å². The summed E-state index contributed by atoms with van der Waals surface area (Å²) in [7, 11) is -0.655. The fourth-order valence-electron chi connectivity index (χ4n) is 2.69. The van der Waals surface area contributed by atoms with Gasteiger partial charge in [-0.25, -0.2) is 8.42 Å². The summed E-state index contributed by atoms with van der Waals surface area (Å²) in [6.07, 6.45) is 3.42. The Bertz CT molecular complexity index is 883. The molecule has 0 heterocycles. The number of amides is 1. The molecule has 0 bridgehead atoms. The van der Waals surface area contributed by atoms with Crippen LogP contribution in [0.4, 0.5) is 0 Å². The van der Waals surface area contributed by atoms with Crippen molar-refractivity contribution in [1.82, 2.24) is 9.62 Å². The highest BCUT2D eigenvalue weighted by atomic mass is 32.2. The van der Waals surface area contributed by atoms with Gasteiger partial charge in [0.15, 0.2) is 0 Å². The minimum atomic E-state index is -3.69. The number of rotatable bonds is 10. The summed E-state index contributed by atoms with van der Waals surface area (Å²) >= 11 is 1.54. The van der Waals surface area contributed by atoms with E-state index >= 15 is 0 Å². The molecule has 2 aromatic rings. The molecule has 0 saturated carbocycles. The van der Waals surface area contributed by atoms with Gasteiger partial charge in [0.05, 0.1) is 18.6 Å². The monoisotopic (exact) mass is 422 g/mol. The van der Waals surface area contributed by atoms with E-state index in [0.29, 0.717) is 6.54 Å². The maximum atomic E-state index is 12.6. The Morgan fingerprint density at radius 3 is 2.46 bits per heavy atom. The van der Waals surface area contributed by atoms with Crippen molar-refractivity contribution in [2.24, 2.45) is 0 Å². The maximum Gasteiger partial charge on any atom is 0.243 e. The first-order valence-electron chi connectivity index (χ1n) is 8.87. The van der Waals surface area contributed by atoms with Gasteiger partial charge >= 0.3 is 0 Å². The van der Waals surface area contributed by atoms with Crippen LogP contribution in [0.25, 0.3) is 0 Å². The Morgan fingerprint density at radius 1 is 1.14 bits per heavy atom. The van der Waals surface area contributed by atoms with Gasteiger partial charge in [0.1, 0.15) is 5.75 Å². The Balaban J connectivity index is 1.83. The van der Waals surface area contributed by atoms with Crippen LogP contribution in [0.2, 0.25) is 0 Å². The van der Waals surface area contributed by atoms with E-state index in [-0.39, 0.29) is 17.3 Å². The van der Waals surface area contributed by atoms with E-state index in [2.05, 4.69) is 5.32 Å². The van der Waals surface area contributed by atoms with Gasteiger partial charge in [-0.3, -0.25) is 4.79 Å². The second-order valence-electron chi connectivity index (χ2n) is 6.20. The molecule has 28 heavy (non-hydrogen) atoms. The van der Waals surface area contributed by atoms with Crippen LogP contribution in [-0.4, -0.2) is 52.1 Å². The molecular weight excluding hydrogens is 396 g/mol.